The molecular weight excluding hydrogens is 164 g/mol. The van der Waals surface area contributed by atoms with E-state index in [9.17, 15) is 8.78 Å². The van der Waals surface area contributed by atoms with E-state index in [1.54, 1.807) is 6.92 Å². The second-order valence-corrected chi connectivity index (χ2v) is 2.42. The molecule has 0 saturated heterocycles. The Kier molecular flexibility index (Phi) is 2.70. The quantitative estimate of drug-likeness (QED) is 0.739. The first-order valence-electron chi connectivity index (χ1n) is 3.50. The van der Waals surface area contributed by atoms with E-state index in [2.05, 4.69) is 4.98 Å². The number of hydrogen-bond donors (Lipinski definition) is 1. The highest BCUT2D eigenvalue weighted by atomic mass is 19.3. The number of aryl methyl sites for hydroxylation is 1. The Morgan fingerprint density at radius 3 is 2.67 bits per heavy atom. The molecule has 0 amide bonds. The van der Waals surface area contributed by atoms with Crippen molar-refractivity contribution in [2.24, 2.45) is 0 Å². The van der Waals surface area contributed by atoms with Crippen LogP contribution in [0.2, 0.25) is 0 Å². The summed E-state index contributed by atoms with van der Waals surface area (Å²) in [7, 11) is 0. The Morgan fingerprint density at radius 1 is 1.58 bits per heavy atom. The number of nitrogens with zero attached hydrogens (tertiary/aromatic N) is 1. The highest BCUT2D eigenvalue weighted by molar-refractivity contribution is 5.29. The van der Waals surface area contributed by atoms with E-state index < -0.39 is 6.43 Å². The first-order valence-corrected chi connectivity index (χ1v) is 3.50. The zero-order valence-electron chi connectivity index (χ0n) is 6.59. The number of aromatic nitrogens is 1. The normalized spacial score (nSPS) is 10.8. The molecule has 0 unspecified atom stereocenters. The predicted molar refractivity (Wildman–Crippen MR) is 39.9 cm³/mol. The molecule has 0 spiro atoms. The molecule has 0 aliphatic carbocycles. The van der Waals surface area contributed by atoms with E-state index in [1.807, 2.05) is 0 Å². The fraction of sp³-hybridized carbons (Fsp3) is 0.375. The Morgan fingerprint density at radius 2 is 2.25 bits per heavy atom. The van der Waals surface area contributed by atoms with Gasteiger partial charge in [-0.2, -0.15) is 0 Å². The first kappa shape index (κ1) is 9.06. The zero-order valence-corrected chi connectivity index (χ0v) is 6.59. The van der Waals surface area contributed by atoms with Crippen molar-refractivity contribution in [3.63, 3.8) is 0 Å². The lowest BCUT2D eigenvalue weighted by Gasteiger charge is -2.07. The third-order valence-electron chi connectivity index (χ3n) is 1.70. The van der Waals surface area contributed by atoms with Gasteiger partial charge in [0, 0.05) is 23.0 Å². The van der Waals surface area contributed by atoms with Crippen molar-refractivity contribution in [3.05, 3.63) is 29.1 Å². The molecule has 2 nitrogen and oxygen atoms in total. The summed E-state index contributed by atoms with van der Waals surface area (Å²) < 4.78 is 24.5. The topological polar surface area (TPSA) is 33.1 Å². The SMILES string of the molecule is Cc1nccc(C(F)F)c1CO. The monoisotopic (exact) mass is 173 g/mol. The number of halogens is 2. The molecule has 1 heterocycles. The van der Waals surface area contributed by atoms with E-state index in [1.165, 1.54) is 12.3 Å². The van der Waals surface area contributed by atoms with E-state index in [4.69, 9.17) is 5.11 Å². The molecule has 0 aromatic carbocycles. The molecule has 0 atom stereocenters. The maximum atomic E-state index is 12.3. The summed E-state index contributed by atoms with van der Waals surface area (Å²) in [4.78, 5) is 3.80. The van der Waals surface area contributed by atoms with Crippen molar-refractivity contribution in [3.8, 4) is 0 Å². The third-order valence-corrected chi connectivity index (χ3v) is 1.70. The van der Waals surface area contributed by atoms with Crippen molar-refractivity contribution in [2.75, 3.05) is 0 Å². The van der Waals surface area contributed by atoms with Crippen molar-refractivity contribution in [1.29, 1.82) is 0 Å². The lowest BCUT2D eigenvalue weighted by molar-refractivity contribution is 0.146. The number of rotatable bonds is 2. The van der Waals surface area contributed by atoms with Crippen LogP contribution in [-0.2, 0) is 6.61 Å². The summed E-state index contributed by atoms with van der Waals surface area (Å²) >= 11 is 0. The van der Waals surface area contributed by atoms with Gasteiger partial charge in [0.2, 0.25) is 0 Å². The van der Waals surface area contributed by atoms with Crippen LogP contribution < -0.4 is 0 Å². The molecule has 1 rings (SSSR count). The van der Waals surface area contributed by atoms with E-state index in [0.717, 1.165) is 0 Å². The molecule has 1 aromatic rings. The summed E-state index contributed by atoms with van der Waals surface area (Å²) in [5, 5.41) is 8.77. The molecule has 66 valence electrons. The molecule has 0 aliphatic rings. The summed E-state index contributed by atoms with van der Waals surface area (Å²) in [5.74, 6) is 0. The van der Waals surface area contributed by atoms with Gasteiger partial charge in [0.15, 0.2) is 0 Å². The van der Waals surface area contributed by atoms with Crippen LogP contribution in [-0.4, -0.2) is 10.1 Å². The second-order valence-electron chi connectivity index (χ2n) is 2.42. The Bertz CT molecular complexity index is 276. The number of pyridine rings is 1. The molecular formula is C8H9F2NO. The van der Waals surface area contributed by atoms with Crippen LogP contribution in [0.25, 0.3) is 0 Å². The number of aliphatic hydroxyl groups is 1. The Labute approximate surface area is 68.9 Å². The largest absolute Gasteiger partial charge is 0.392 e. The van der Waals surface area contributed by atoms with Crippen molar-refractivity contribution < 1.29 is 13.9 Å². The van der Waals surface area contributed by atoms with Gasteiger partial charge in [-0.05, 0) is 13.0 Å². The number of alkyl halides is 2. The van der Waals surface area contributed by atoms with Crippen LogP contribution in [0.15, 0.2) is 12.3 Å². The van der Waals surface area contributed by atoms with Gasteiger partial charge in [-0.1, -0.05) is 0 Å². The van der Waals surface area contributed by atoms with Gasteiger partial charge >= 0.3 is 0 Å². The predicted octanol–water partition coefficient (Wildman–Crippen LogP) is 1.82. The van der Waals surface area contributed by atoms with Gasteiger partial charge in [0.1, 0.15) is 0 Å². The van der Waals surface area contributed by atoms with Gasteiger partial charge in [-0.15, -0.1) is 0 Å². The van der Waals surface area contributed by atoms with Gasteiger partial charge in [0.05, 0.1) is 6.61 Å². The van der Waals surface area contributed by atoms with Crippen LogP contribution in [0.1, 0.15) is 23.2 Å². The molecule has 0 bridgehead atoms. The van der Waals surface area contributed by atoms with Crippen LogP contribution in [0.3, 0.4) is 0 Å². The van der Waals surface area contributed by atoms with Crippen LogP contribution in [0.4, 0.5) is 8.78 Å². The second kappa shape index (κ2) is 3.58. The maximum Gasteiger partial charge on any atom is 0.264 e. The molecule has 12 heavy (non-hydrogen) atoms. The smallest absolute Gasteiger partial charge is 0.264 e. The molecule has 0 fully saturated rings. The Balaban J connectivity index is 3.18. The summed E-state index contributed by atoms with van der Waals surface area (Å²) in [6, 6.07) is 1.23. The maximum absolute atomic E-state index is 12.3. The molecule has 0 aliphatic heterocycles. The zero-order chi connectivity index (χ0) is 9.14. The van der Waals surface area contributed by atoms with E-state index in [-0.39, 0.29) is 17.7 Å². The molecule has 1 aromatic heterocycles. The van der Waals surface area contributed by atoms with Gasteiger partial charge < -0.3 is 5.11 Å². The minimum Gasteiger partial charge on any atom is -0.392 e. The van der Waals surface area contributed by atoms with E-state index in [0.29, 0.717) is 5.69 Å². The van der Waals surface area contributed by atoms with E-state index >= 15 is 0 Å². The minimum atomic E-state index is -2.55. The number of aliphatic hydroxyl groups excluding tert-OH is 1. The molecule has 0 radical (unpaired) electrons. The van der Waals surface area contributed by atoms with Gasteiger partial charge in [-0.25, -0.2) is 8.78 Å². The van der Waals surface area contributed by atoms with Crippen molar-refractivity contribution >= 4 is 0 Å². The lowest BCUT2D eigenvalue weighted by atomic mass is 10.1. The fourth-order valence-corrected chi connectivity index (χ4v) is 1.03. The average molecular weight is 173 g/mol. The molecule has 1 N–H and O–H groups in total. The standard InChI is InChI=1S/C8H9F2NO/c1-5-7(4-12)6(8(9)10)2-3-11-5/h2-3,8,12H,4H2,1H3. The number of hydrogen-bond acceptors (Lipinski definition) is 2. The van der Waals surface area contributed by atoms with Crippen LogP contribution in [0, 0.1) is 6.92 Å². The highest BCUT2D eigenvalue weighted by Gasteiger charge is 2.13. The summed E-state index contributed by atoms with van der Waals surface area (Å²) in [6.07, 6.45) is -1.23. The van der Waals surface area contributed by atoms with Crippen LogP contribution in [0.5, 0.6) is 0 Å². The molecule has 0 saturated carbocycles. The van der Waals surface area contributed by atoms with Crippen molar-refractivity contribution in [1.82, 2.24) is 4.98 Å². The van der Waals surface area contributed by atoms with Gasteiger partial charge in [-0.3, -0.25) is 4.98 Å². The lowest BCUT2D eigenvalue weighted by Crippen LogP contribution is -1.99. The van der Waals surface area contributed by atoms with Crippen LogP contribution >= 0.6 is 0 Å². The Hall–Kier alpha value is -1.03. The van der Waals surface area contributed by atoms with Gasteiger partial charge in [0.25, 0.3) is 6.43 Å². The minimum absolute atomic E-state index is 0.134. The fourth-order valence-electron chi connectivity index (χ4n) is 1.03. The third kappa shape index (κ3) is 1.58. The average Bonchev–Trinajstić information content (AvgIpc) is 2.03. The first-order chi connectivity index (χ1) is 5.66. The van der Waals surface area contributed by atoms with Crippen molar-refractivity contribution in [2.45, 2.75) is 20.0 Å². The summed E-state index contributed by atoms with van der Waals surface area (Å²) in [5.41, 5.74) is 0.549. The highest BCUT2D eigenvalue weighted by Crippen LogP contribution is 2.23. The molecule has 4 heteroatoms. The summed E-state index contributed by atoms with van der Waals surface area (Å²) in [6.45, 7) is 1.21.